The number of hydrogen-bond donors (Lipinski definition) is 1. The van der Waals surface area contributed by atoms with E-state index in [9.17, 15) is 4.79 Å². The Kier molecular flexibility index (Phi) is 4.43. The Labute approximate surface area is 167 Å². The molecule has 6 rings (SSSR count). The summed E-state index contributed by atoms with van der Waals surface area (Å²) < 4.78 is 5.67. The second kappa shape index (κ2) is 6.82. The Morgan fingerprint density at radius 3 is 2.37 bits per heavy atom. The molecule has 1 aromatic heterocycles. The average molecular weight is 404 g/mol. The molecule has 4 saturated carbocycles. The quantitative estimate of drug-likeness (QED) is 0.741. The number of benzene rings is 1. The van der Waals surface area contributed by atoms with Crippen LogP contribution in [0.5, 0.6) is 0 Å². The summed E-state index contributed by atoms with van der Waals surface area (Å²) in [5.74, 6) is 3.29. The second-order valence-electron chi connectivity index (χ2n) is 8.41. The standard InChI is InChI=1S/C20H22ClN3O2S/c21-16-3-1-15(2-4-16)18-23-24-19(26-18)27-11-17(25)22-20-8-12-5-13(9-20)7-14(6-12)10-20/h1-4,12-14H,5-11H2,(H,22,25). The van der Waals surface area contributed by atoms with Crippen molar-refractivity contribution in [3.05, 3.63) is 29.3 Å². The van der Waals surface area contributed by atoms with Gasteiger partial charge in [-0.05, 0) is 80.5 Å². The molecule has 27 heavy (non-hydrogen) atoms. The first-order valence-corrected chi connectivity index (χ1v) is 11.0. The molecule has 142 valence electrons. The molecule has 2 aromatic rings. The number of carbonyl (C=O) groups excluding carboxylic acids is 1. The fourth-order valence-corrected chi connectivity index (χ4v) is 6.39. The normalized spacial score (nSPS) is 31.2. The van der Waals surface area contributed by atoms with Gasteiger partial charge in [-0.3, -0.25) is 4.79 Å². The molecule has 0 aliphatic heterocycles. The molecule has 4 bridgehead atoms. The number of carbonyl (C=O) groups is 1. The zero-order chi connectivity index (χ0) is 18.4. The number of nitrogens with one attached hydrogen (secondary N) is 1. The predicted molar refractivity (Wildman–Crippen MR) is 105 cm³/mol. The van der Waals surface area contributed by atoms with Crippen molar-refractivity contribution in [1.29, 1.82) is 0 Å². The highest BCUT2D eigenvalue weighted by atomic mass is 35.5. The van der Waals surface area contributed by atoms with E-state index in [1.165, 1.54) is 31.0 Å². The molecule has 0 radical (unpaired) electrons. The Morgan fingerprint density at radius 2 is 1.74 bits per heavy atom. The van der Waals surface area contributed by atoms with Gasteiger partial charge in [-0.25, -0.2) is 0 Å². The lowest BCUT2D eigenvalue weighted by molar-refractivity contribution is -0.124. The van der Waals surface area contributed by atoms with Crippen molar-refractivity contribution in [2.24, 2.45) is 17.8 Å². The van der Waals surface area contributed by atoms with Gasteiger partial charge in [0.25, 0.3) is 5.22 Å². The van der Waals surface area contributed by atoms with E-state index in [0.717, 1.165) is 42.6 Å². The van der Waals surface area contributed by atoms with E-state index in [-0.39, 0.29) is 11.4 Å². The zero-order valence-electron chi connectivity index (χ0n) is 15.0. The number of nitrogens with zero attached hydrogens (tertiary/aromatic N) is 2. The minimum Gasteiger partial charge on any atom is -0.411 e. The third kappa shape index (κ3) is 3.61. The highest BCUT2D eigenvalue weighted by Crippen LogP contribution is 2.55. The van der Waals surface area contributed by atoms with Crippen LogP contribution < -0.4 is 5.32 Å². The second-order valence-corrected chi connectivity index (χ2v) is 9.78. The fraction of sp³-hybridized carbons (Fsp3) is 0.550. The molecule has 0 unspecified atom stereocenters. The van der Waals surface area contributed by atoms with E-state index >= 15 is 0 Å². The van der Waals surface area contributed by atoms with Crippen LogP contribution in [0.4, 0.5) is 0 Å². The minimum absolute atomic E-state index is 0.0513. The Bertz CT molecular complexity index is 816. The molecule has 0 atom stereocenters. The highest BCUT2D eigenvalue weighted by Gasteiger charge is 2.51. The van der Waals surface area contributed by atoms with E-state index in [1.807, 2.05) is 12.1 Å². The first-order chi connectivity index (χ1) is 13.1. The Morgan fingerprint density at radius 1 is 1.11 bits per heavy atom. The van der Waals surface area contributed by atoms with Crippen LogP contribution in [0, 0.1) is 17.8 Å². The maximum atomic E-state index is 12.6. The van der Waals surface area contributed by atoms with E-state index in [2.05, 4.69) is 15.5 Å². The average Bonchev–Trinajstić information content (AvgIpc) is 3.08. The molecular weight excluding hydrogens is 382 g/mol. The van der Waals surface area contributed by atoms with Crippen molar-refractivity contribution < 1.29 is 9.21 Å². The van der Waals surface area contributed by atoms with E-state index in [4.69, 9.17) is 16.0 Å². The molecule has 0 saturated heterocycles. The summed E-state index contributed by atoms with van der Waals surface area (Å²) in [4.78, 5) is 12.6. The van der Waals surface area contributed by atoms with Crippen LogP contribution in [0.3, 0.4) is 0 Å². The van der Waals surface area contributed by atoms with Gasteiger partial charge in [-0.1, -0.05) is 23.4 Å². The maximum Gasteiger partial charge on any atom is 0.277 e. The van der Waals surface area contributed by atoms with Gasteiger partial charge in [0, 0.05) is 16.1 Å². The van der Waals surface area contributed by atoms with Crippen molar-refractivity contribution in [1.82, 2.24) is 15.5 Å². The summed E-state index contributed by atoms with van der Waals surface area (Å²) >= 11 is 7.20. The molecule has 4 aliphatic carbocycles. The first kappa shape index (κ1) is 17.6. The third-order valence-corrected chi connectivity index (χ3v) is 7.34. The van der Waals surface area contributed by atoms with Gasteiger partial charge >= 0.3 is 0 Å². The van der Waals surface area contributed by atoms with Crippen LogP contribution in [0.1, 0.15) is 38.5 Å². The third-order valence-electron chi connectivity index (χ3n) is 6.27. The van der Waals surface area contributed by atoms with Crippen molar-refractivity contribution in [2.75, 3.05) is 5.75 Å². The van der Waals surface area contributed by atoms with Gasteiger partial charge in [0.2, 0.25) is 11.8 Å². The van der Waals surface area contributed by atoms with Crippen molar-refractivity contribution in [3.8, 4) is 11.5 Å². The van der Waals surface area contributed by atoms with Crippen LogP contribution in [0.2, 0.25) is 5.02 Å². The SMILES string of the molecule is O=C(CSc1nnc(-c2ccc(Cl)cc2)o1)NC12CC3CC(CC(C3)C1)C2. The summed E-state index contributed by atoms with van der Waals surface area (Å²) in [7, 11) is 0. The molecule has 5 nitrogen and oxygen atoms in total. The minimum atomic E-state index is 0.0513. The maximum absolute atomic E-state index is 12.6. The van der Waals surface area contributed by atoms with Crippen LogP contribution in [0.15, 0.2) is 33.9 Å². The van der Waals surface area contributed by atoms with E-state index in [1.54, 1.807) is 12.1 Å². The molecule has 7 heteroatoms. The van der Waals surface area contributed by atoms with Gasteiger partial charge in [0.15, 0.2) is 0 Å². The smallest absolute Gasteiger partial charge is 0.277 e. The van der Waals surface area contributed by atoms with Gasteiger partial charge in [0.1, 0.15) is 0 Å². The molecule has 1 heterocycles. The lowest BCUT2D eigenvalue weighted by atomic mass is 9.53. The van der Waals surface area contributed by atoms with Crippen LogP contribution in [-0.4, -0.2) is 27.4 Å². The molecule has 1 N–H and O–H groups in total. The molecule has 1 aromatic carbocycles. The van der Waals surface area contributed by atoms with Crippen LogP contribution >= 0.6 is 23.4 Å². The van der Waals surface area contributed by atoms with E-state index < -0.39 is 0 Å². The number of rotatable bonds is 5. The molecule has 4 aliphatic rings. The number of thioether (sulfide) groups is 1. The van der Waals surface area contributed by atoms with Crippen molar-refractivity contribution >= 4 is 29.3 Å². The largest absolute Gasteiger partial charge is 0.411 e. The predicted octanol–water partition coefficient (Wildman–Crippen LogP) is 4.57. The van der Waals surface area contributed by atoms with Crippen LogP contribution in [0.25, 0.3) is 11.5 Å². The zero-order valence-corrected chi connectivity index (χ0v) is 16.6. The summed E-state index contributed by atoms with van der Waals surface area (Å²) in [6, 6.07) is 7.24. The van der Waals surface area contributed by atoms with Gasteiger partial charge in [0.05, 0.1) is 5.75 Å². The van der Waals surface area contributed by atoms with Crippen molar-refractivity contribution in [2.45, 2.75) is 49.3 Å². The van der Waals surface area contributed by atoms with Gasteiger partial charge in [-0.2, -0.15) is 0 Å². The van der Waals surface area contributed by atoms with Crippen molar-refractivity contribution in [3.63, 3.8) is 0 Å². The number of amides is 1. The molecular formula is C20H22ClN3O2S. The number of hydrogen-bond acceptors (Lipinski definition) is 5. The molecule has 1 amide bonds. The topological polar surface area (TPSA) is 68.0 Å². The Balaban J connectivity index is 1.19. The fourth-order valence-electron chi connectivity index (χ4n) is 5.70. The summed E-state index contributed by atoms with van der Waals surface area (Å²) in [6.07, 6.45) is 7.61. The summed E-state index contributed by atoms with van der Waals surface area (Å²) in [5, 5.41) is 12.6. The summed E-state index contributed by atoms with van der Waals surface area (Å²) in [6.45, 7) is 0. The monoisotopic (exact) mass is 403 g/mol. The Hall–Kier alpha value is -1.53. The number of halogens is 1. The molecule has 0 spiro atoms. The lowest BCUT2D eigenvalue weighted by Gasteiger charge is -2.56. The summed E-state index contributed by atoms with van der Waals surface area (Å²) in [5.41, 5.74) is 0.868. The highest BCUT2D eigenvalue weighted by molar-refractivity contribution is 7.99. The van der Waals surface area contributed by atoms with Crippen LogP contribution in [-0.2, 0) is 4.79 Å². The van der Waals surface area contributed by atoms with E-state index in [0.29, 0.717) is 21.9 Å². The number of aromatic nitrogens is 2. The molecule has 4 fully saturated rings. The van der Waals surface area contributed by atoms with Gasteiger partial charge in [-0.15, -0.1) is 10.2 Å². The van der Waals surface area contributed by atoms with Gasteiger partial charge < -0.3 is 9.73 Å². The first-order valence-electron chi connectivity index (χ1n) is 9.60. The lowest BCUT2D eigenvalue weighted by Crippen LogP contribution is -2.60.